The molecular formula is C24H21Cl2N3O3. The minimum atomic E-state index is -0.781. The van der Waals surface area contributed by atoms with Gasteiger partial charge in [-0.2, -0.15) is 5.26 Å². The quantitative estimate of drug-likeness (QED) is 0.718. The molecule has 0 spiro atoms. The molecule has 2 aliphatic rings. The highest BCUT2D eigenvalue weighted by Crippen LogP contribution is 2.49. The molecule has 0 saturated carbocycles. The summed E-state index contributed by atoms with van der Waals surface area (Å²) in [5.41, 5.74) is 1.74. The third-order valence-corrected chi connectivity index (χ3v) is 6.39. The summed E-state index contributed by atoms with van der Waals surface area (Å²) >= 11 is 12.4. The zero-order valence-electron chi connectivity index (χ0n) is 17.6. The largest absolute Gasteiger partial charge is 0.498 e. The highest BCUT2D eigenvalue weighted by atomic mass is 35.5. The van der Waals surface area contributed by atoms with E-state index in [1.165, 1.54) is 6.92 Å². The molecule has 0 aliphatic carbocycles. The van der Waals surface area contributed by atoms with Crippen LogP contribution >= 0.6 is 23.2 Å². The van der Waals surface area contributed by atoms with Gasteiger partial charge in [-0.3, -0.25) is 9.59 Å². The fraction of sp³-hybridized carbons (Fsp3) is 0.292. The molecule has 4 rings (SSSR count). The number of halogens is 2. The molecule has 0 radical (unpaired) electrons. The van der Waals surface area contributed by atoms with Crippen LogP contribution in [0, 0.1) is 11.3 Å². The minimum Gasteiger partial charge on any atom is -0.498 e. The lowest BCUT2D eigenvalue weighted by Crippen LogP contribution is -2.45. The average Bonchev–Trinajstić information content (AvgIpc) is 3.18. The van der Waals surface area contributed by atoms with Gasteiger partial charge in [-0.25, -0.2) is 0 Å². The van der Waals surface area contributed by atoms with E-state index in [1.54, 1.807) is 42.3 Å². The van der Waals surface area contributed by atoms with E-state index in [2.05, 4.69) is 11.4 Å². The van der Waals surface area contributed by atoms with Gasteiger partial charge in [0.05, 0.1) is 24.3 Å². The van der Waals surface area contributed by atoms with E-state index in [-0.39, 0.29) is 17.9 Å². The third kappa shape index (κ3) is 3.83. The molecule has 8 heteroatoms. The van der Waals surface area contributed by atoms with E-state index in [0.717, 1.165) is 5.56 Å². The number of carbonyl (C=O) groups excluding carboxylic acids is 2. The first-order valence-corrected chi connectivity index (χ1v) is 10.9. The summed E-state index contributed by atoms with van der Waals surface area (Å²) in [5, 5.41) is 12.9. The molecule has 1 fully saturated rings. The van der Waals surface area contributed by atoms with Gasteiger partial charge in [-0.05, 0) is 41.5 Å². The van der Waals surface area contributed by atoms with Crippen molar-refractivity contribution in [3.63, 3.8) is 0 Å². The van der Waals surface area contributed by atoms with Crippen LogP contribution in [0.25, 0.3) is 5.57 Å². The molecule has 0 bridgehead atoms. The van der Waals surface area contributed by atoms with Crippen molar-refractivity contribution in [3.8, 4) is 6.07 Å². The molecule has 2 aromatic carbocycles. The molecule has 164 valence electrons. The molecule has 0 unspecified atom stereocenters. The summed E-state index contributed by atoms with van der Waals surface area (Å²) in [4.78, 5) is 27.2. The molecule has 1 saturated heterocycles. The van der Waals surface area contributed by atoms with E-state index in [1.807, 2.05) is 12.1 Å². The smallest absolute Gasteiger partial charge is 0.258 e. The zero-order valence-corrected chi connectivity index (χ0v) is 19.1. The molecule has 2 atom stereocenters. The second-order valence-electron chi connectivity index (χ2n) is 8.10. The molecule has 2 amide bonds. The lowest BCUT2D eigenvalue weighted by atomic mass is 9.85. The number of nitrogens with one attached hydrogen (secondary N) is 1. The van der Waals surface area contributed by atoms with Crippen LogP contribution in [-0.2, 0) is 20.7 Å². The minimum absolute atomic E-state index is 0.151. The number of benzene rings is 2. The SMILES string of the molecule is COC1=C(c2cc(Cl)cc(Cl)c2)C(=O)N2C[C@@H](NC(C)=O)C[C@]12Cc1ccc(C#N)cc1. The van der Waals surface area contributed by atoms with Gasteiger partial charge in [0.15, 0.2) is 0 Å². The predicted molar refractivity (Wildman–Crippen MR) is 122 cm³/mol. The Bertz CT molecular complexity index is 1150. The van der Waals surface area contributed by atoms with E-state index in [0.29, 0.717) is 51.9 Å². The number of amides is 2. The topological polar surface area (TPSA) is 82.4 Å². The number of hydrogen-bond donors (Lipinski definition) is 1. The molecule has 2 aliphatic heterocycles. The van der Waals surface area contributed by atoms with Crippen molar-refractivity contribution in [1.82, 2.24) is 10.2 Å². The third-order valence-electron chi connectivity index (χ3n) is 5.95. The van der Waals surface area contributed by atoms with Crippen molar-refractivity contribution in [2.75, 3.05) is 13.7 Å². The first-order chi connectivity index (χ1) is 15.3. The summed E-state index contributed by atoms with van der Waals surface area (Å²) in [6.45, 7) is 1.82. The fourth-order valence-corrected chi connectivity index (χ4v) is 5.37. The van der Waals surface area contributed by atoms with E-state index >= 15 is 0 Å². The van der Waals surface area contributed by atoms with Gasteiger partial charge >= 0.3 is 0 Å². The first kappa shape index (κ1) is 22.2. The zero-order chi connectivity index (χ0) is 23.0. The van der Waals surface area contributed by atoms with Crippen molar-refractivity contribution < 1.29 is 14.3 Å². The number of hydrogen-bond acceptors (Lipinski definition) is 4. The summed E-state index contributed by atoms with van der Waals surface area (Å²) in [6.07, 6.45) is 0.973. The predicted octanol–water partition coefficient (Wildman–Crippen LogP) is 3.95. The van der Waals surface area contributed by atoms with Gasteiger partial charge in [0.2, 0.25) is 5.91 Å². The van der Waals surface area contributed by atoms with Crippen LogP contribution in [0.2, 0.25) is 10.0 Å². The Balaban J connectivity index is 1.85. The van der Waals surface area contributed by atoms with Gasteiger partial charge in [-0.1, -0.05) is 35.3 Å². The Kier molecular flexibility index (Phi) is 5.89. The van der Waals surface area contributed by atoms with Crippen LogP contribution in [0.15, 0.2) is 48.2 Å². The molecule has 32 heavy (non-hydrogen) atoms. The molecular weight excluding hydrogens is 449 g/mol. The van der Waals surface area contributed by atoms with Crippen molar-refractivity contribution in [2.45, 2.75) is 31.3 Å². The van der Waals surface area contributed by atoms with E-state index in [9.17, 15) is 9.59 Å². The second-order valence-corrected chi connectivity index (χ2v) is 8.97. The highest BCUT2D eigenvalue weighted by molar-refractivity contribution is 6.35. The summed E-state index contributed by atoms with van der Waals surface area (Å²) in [5.74, 6) is 0.182. The summed E-state index contributed by atoms with van der Waals surface area (Å²) in [6, 6.07) is 14.2. The van der Waals surface area contributed by atoms with E-state index < -0.39 is 5.54 Å². The van der Waals surface area contributed by atoms with Gasteiger partial charge in [-0.15, -0.1) is 0 Å². The van der Waals surface area contributed by atoms with Gasteiger partial charge < -0.3 is 15.0 Å². The van der Waals surface area contributed by atoms with Crippen LogP contribution in [-0.4, -0.2) is 41.9 Å². The Morgan fingerprint density at radius 1 is 1.25 bits per heavy atom. The number of nitriles is 1. The number of fused-ring (bicyclic) bond motifs is 1. The normalized spacial score (nSPS) is 22.0. The number of carbonyl (C=O) groups is 2. The summed E-state index contributed by atoms with van der Waals surface area (Å²) in [7, 11) is 1.55. The van der Waals surface area contributed by atoms with Gasteiger partial charge in [0, 0.05) is 42.4 Å². The number of methoxy groups -OCH3 is 1. The maximum atomic E-state index is 13.7. The monoisotopic (exact) mass is 469 g/mol. The van der Waals surface area contributed by atoms with Crippen LogP contribution in [0.1, 0.15) is 30.0 Å². The maximum absolute atomic E-state index is 13.7. The number of nitrogens with zero attached hydrogens (tertiary/aromatic N) is 2. The number of ether oxygens (including phenoxy) is 1. The Morgan fingerprint density at radius 2 is 1.91 bits per heavy atom. The lowest BCUT2D eigenvalue weighted by molar-refractivity contribution is -0.127. The first-order valence-electron chi connectivity index (χ1n) is 10.1. The van der Waals surface area contributed by atoms with Gasteiger partial charge in [0.1, 0.15) is 11.3 Å². The van der Waals surface area contributed by atoms with Crippen LogP contribution < -0.4 is 5.32 Å². The molecule has 1 N–H and O–H groups in total. The number of rotatable bonds is 5. The maximum Gasteiger partial charge on any atom is 0.258 e. The lowest BCUT2D eigenvalue weighted by Gasteiger charge is -2.34. The van der Waals surface area contributed by atoms with Crippen LogP contribution in [0.5, 0.6) is 0 Å². The van der Waals surface area contributed by atoms with Crippen molar-refractivity contribution >= 4 is 40.6 Å². The Hall–Kier alpha value is -3.01. The standard InChI is InChI=1S/C24H21Cl2N3O3/c1-14(30)28-20-11-24(10-15-3-5-16(12-27)6-4-15)22(32-2)21(23(31)29(24)13-20)17-7-18(25)9-19(26)8-17/h3-9,20H,10-11,13H2,1-2H3,(H,28,30)/t20-,24+/m0/s1. The van der Waals surface area contributed by atoms with Crippen LogP contribution in [0.3, 0.4) is 0 Å². The van der Waals surface area contributed by atoms with Crippen molar-refractivity contribution in [3.05, 3.63) is 75.0 Å². The van der Waals surface area contributed by atoms with Crippen LogP contribution in [0.4, 0.5) is 0 Å². The highest BCUT2D eigenvalue weighted by Gasteiger charge is 2.58. The Morgan fingerprint density at radius 3 is 2.47 bits per heavy atom. The molecule has 6 nitrogen and oxygen atoms in total. The second kappa shape index (κ2) is 8.50. The summed E-state index contributed by atoms with van der Waals surface area (Å²) < 4.78 is 5.88. The van der Waals surface area contributed by atoms with E-state index in [4.69, 9.17) is 33.2 Å². The fourth-order valence-electron chi connectivity index (χ4n) is 4.85. The molecule has 0 aromatic heterocycles. The van der Waals surface area contributed by atoms with Crippen molar-refractivity contribution in [2.24, 2.45) is 0 Å². The van der Waals surface area contributed by atoms with Crippen molar-refractivity contribution in [1.29, 1.82) is 5.26 Å². The average molecular weight is 470 g/mol. The molecule has 2 heterocycles. The van der Waals surface area contributed by atoms with Gasteiger partial charge in [0.25, 0.3) is 5.91 Å². The Labute approximate surface area is 196 Å². The molecule has 2 aromatic rings.